The average Bonchev–Trinajstić information content (AvgIpc) is 2.97. The third-order valence-corrected chi connectivity index (χ3v) is 5.13. The lowest BCUT2D eigenvalue weighted by atomic mass is 10.1. The molecule has 164 valence electrons. The van der Waals surface area contributed by atoms with Crippen molar-refractivity contribution < 1.29 is 23.9 Å². The molecule has 0 spiro atoms. The van der Waals surface area contributed by atoms with Crippen LogP contribution in [-0.4, -0.2) is 42.4 Å². The van der Waals surface area contributed by atoms with Gasteiger partial charge in [-0.05, 0) is 57.5 Å². The lowest BCUT2D eigenvalue weighted by Gasteiger charge is -2.18. The molecule has 7 nitrogen and oxygen atoms in total. The van der Waals surface area contributed by atoms with E-state index in [1.807, 2.05) is 45.9 Å². The van der Waals surface area contributed by atoms with Crippen LogP contribution in [0.2, 0.25) is 0 Å². The minimum Gasteiger partial charge on any atom is -0.490 e. The first-order valence-electron chi connectivity index (χ1n) is 10.5. The molecule has 0 saturated carbocycles. The molecule has 7 heteroatoms. The molecule has 0 bridgehead atoms. The predicted octanol–water partition coefficient (Wildman–Crippen LogP) is 3.66. The lowest BCUT2D eigenvalue weighted by Crippen LogP contribution is -2.35. The molecule has 0 aliphatic carbocycles. The van der Waals surface area contributed by atoms with Gasteiger partial charge in [0, 0.05) is 13.0 Å². The van der Waals surface area contributed by atoms with E-state index in [1.165, 1.54) is 0 Å². The predicted molar refractivity (Wildman–Crippen MR) is 117 cm³/mol. The smallest absolute Gasteiger partial charge is 0.261 e. The van der Waals surface area contributed by atoms with Crippen molar-refractivity contribution in [1.82, 2.24) is 10.2 Å². The Morgan fingerprint density at radius 1 is 0.968 bits per heavy atom. The first kappa shape index (κ1) is 22.3. The molecule has 1 unspecified atom stereocenters. The SMILES string of the molecule is CCOc1ccc(C(C)NC(=O)CCN2C(=O)c3ccc(C)cc3C2=O)cc1OCC. The van der Waals surface area contributed by atoms with Crippen LogP contribution in [0.25, 0.3) is 0 Å². The Bertz CT molecular complexity index is 1000. The number of aryl methyl sites for hydroxylation is 1. The van der Waals surface area contributed by atoms with E-state index in [9.17, 15) is 14.4 Å². The Hall–Kier alpha value is -3.35. The summed E-state index contributed by atoms with van der Waals surface area (Å²) in [5.41, 5.74) is 2.57. The van der Waals surface area contributed by atoms with E-state index in [0.29, 0.717) is 35.8 Å². The van der Waals surface area contributed by atoms with Gasteiger partial charge in [0.05, 0.1) is 30.4 Å². The molecular weight excluding hydrogens is 396 g/mol. The van der Waals surface area contributed by atoms with Crippen molar-refractivity contribution in [3.05, 3.63) is 58.7 Å². The minimum absolute atomic E-state index is 0.0319. The van der Waals surface area contributed by atoms with Gasteiger partial charge in [0.25, 0.3) is 11.8 Å². The van der Waals surface area contributed by atoms with Crippen LogP contribution in [0.4, 0.5) is 0 Å². The highest BCUT2D eigenvalue weighted by atomic mass is 16.5. The maximum Gasteiger partial charge on any atom is 0.261 e. The van der Waals surface area contributed by atoms with E-state index < -0.39 is 0 Å². The third-order valence-electron chi connectivity index (χ3n) is 5.13. The van der Waals surface area contributed by atoms with Gasteiger partial charge in [-0.3, -0.25) is 19.3 Å². The summed E-state index contributed by atoms with van der Waals surface area (Å²) in [7, 11) is 0. The van der Waals surface area contributed by atoms with Crippen LogP contribution < -0.4 is 14.8 Å². The van der Waals surface area contributed by atoms with Crippen LogP contribution in [0.15, 0.2) is 36.4 Å². The van der Waals surface area contributed by atoms with Crippen LogP contribution >= 0.6 is 0 Å². The Kier molecular flexibility index (Phi) is 6.95. The second-order valence-corrected chi connectivity index (χ2v) is 7.42. The highest BCUT2D eigenvalue weighted by Crippen LogP contribution is 2.31. The number of amides is 3. The zero-order valence-electron chi connectivity index (χ0n) is 18.4. The number of carbonyl (C=O) groups is 3. The zero-order chi connectivity index (χ0) is 22.5. The summed E-state index contributed by atoms with van der Waals surface area (Å²) in [4.78, 5) is 38.7. The summed E-state index contributed by atoms with van der Waals surface area (Å²) in [5.74, 6) is 0.343. The van der Waals surface area contributed by atoms with Gasteiger partial charge < -0.3 is 14.8 Å². The quantitative estimate of drug-likeness (QED) is 0.621. The normalized spacial score (nSPS) is 13.7. The molecule has 2 aromatic carbocycles. The van der Waals surface area contributed by atoms with Crippen molar-refractivity contribution in [2.75, 3.05) is 19.8 Å². The molecule has 1 aliphatic heterocycles. The van der Waals surface area contributed by atoms with Crippen LogP contribution in [0.1, 0.15) is 65.1 Å². The maximum absolute atomic E-state index is 12.5. The van der Waals surface area contributed by atoms with Crippen LogP contribution in [0, 0.1) is 6.92 Å². The molecule has 1 N–H and O–H groups in total. The fourth-order valence-electron chi connectivity index (χ4n) is 3.56. The zero-order valence-corrected chi connectivity index (χ0v) is 18.4. The van der Waals surface area contributed by atoms with E-state index in [0.717, 1.165) is 16.0 Å². The molecule has 31 heavy (non-hydrogen) atoms. The first-order chi connectivity index (χ1) is 14.8. The number of hydrogen-bond donors (Lipinski definition) is 1. The minimum atomic E-state index is -0.353. The molecule has 3 rings (SSSR count). The van der Waals surface area contributed by atoms with E-state index in [1.54, 1.807) is 18.2 Å². The molecule has 0 aromatic heterocycles. The van der Waals surface area contributed by atoms with Crippen molar-refractivity contribution >= 4 is 17.7 Å². The third kappa shape index (κ3) is 4.87. The number of rotatable bonds is 9. The van der Waals surface area contributed by atoms with E-state index in [2.05, 4.69) is 5.32 Å². The van der Waals surface area contributed by atoms with Crippen LogP contribution in [0.3, 0.4) is 0 Å². The summed E-state index contributed by atoms with van der Waals surface area (Å²) in [6, 6.07) is 10.5. The van der Waals surface area contributed by atoms with Crippen molar-refractivity contribution in [1.29, 1.82) is 0 Å². The van der Waals surface area contributed by atoms with Crippen molar-refractivity contribution in [3.63, 3.8) is 0 Å². The maximum atomic E-state index is 12.5. The van der Waals surface area contributed by atoms with E-state index in [-0.39, 0.29) is 36.7 Å². The number of carbonyl (C=O) groups excluding carboxylic acids is 3. The average molecular weight is 424 g/mol. The molecule has 1 atom stereocenters. The summed E-state index contributed by atoms with van der Waals surface area (Å²) < 4.78 is 11.2. The fraction of sp³-hybridized carbons (Fsp3) is 0.375. The van der Waals surface area contributed by atoms with Gasteiger partial charge in [-0.15, -0.1) is 0 Å². The largest absolute Gasteiger partial charge is 0.490 e. The topological polar surface area (TPSA) is 84.9 Å². The summed E-state index contributed by atoms with van der Waals surface area (Å²) in [6.45, 7) is 8.61. The number of ether oxygens (including phenoxy) is 2. The first-order valence-corrected chi connectivity index (χ1v) is 10.5. The van der Waals surface area contributed by atoms with Gasteiger partial charge >= 0.3 is 0 Å². The van der Waals surface area contributed by atoms with Crippen molar-refractivity contribution in [3.8, 4) is 11.5 Å². The monoisotopic (exact) mass is 424 g/mol. The van der Waals surface area contributed by atoms with Gasteiger partial charge in [0.15, 0.2) is 11.5 Å². The van der Waals surface area contributed by atoms with E-state index in [4.69, 9.17) is 9.47 Å². The summed E-state index contributed by atoms with van der Waals surface area (Å²) >= 11 is 0. The van der Waals surface area contributed by atoms with Crippen LogP contribution in [-0.2, 0) is 4.79 Å². The van der Waals surface area contributed by atoms with Crippen LogP contribution in [0.5, 0.6) is 11.5 Å². The van der Waals surface area contributed by atoms with Gasteiger partial charge in [-0.25, -0.2) is 0 Å². The second kappa shape index (κ2) is 9.64. The van der Waals surface area contributed by atoms with Gasteiger partial charge in [-0.2, -0.15) is 0 Å². The number of imide groups is 1. The number of nitrogens with one attached hydrogen (secondary N) is 1. The lowest BCUT2D eigenvalue weighted by molar-refractivity contribution is -0.121. The van der Waals surface area contributed by atoms with Gasteiger partial charge in [0.2, 0.25) is 5.91 Å². The molecule has 1 heterocycles. The van der Waals surface area contributed by atoms with Gasteiger partial charge in [-0.1, -0.05) is 17.7 Å². The molecule has 0 radical (unpaired) electrons. The number of benzene rings is 2. The Labute approximate surface area is 182 Å². The Morgan fingerprint density at radius 3 is 2.35 bits per heavy atom. The van der Waals surface area contributed by atoms with Gasteiger partial charge in [0.1, 0.15) is 0 Å². The second-order valence-electron chi connectivity index (χ2n) is 7.42. The highest BCUT2D eigenvalue weighted by Gasteiger charge is 2.35. The molecule has 0 fully saturated rings. The summed E-state index contributed by atoms with van der Waals surface area (Å²) in [6.07, 6.45) is 0.0319. The Balaban J connectivity index is 1.60. The van der Waals surface area contributed by atoms with Crippen molar-refractivity contribution in [2.45, 2.75) is 40.2 Å². The number of hydrogen-bond acceptors (Lipinski definition) is 5. The fourth-order valence-corrected chi connectivity index (χ4v) is 3.56. The van der Waals surface area contributed by atoms with E-state index >= 15 is 0 Å². The standard InChI is InChI=1S/C24H28N2O5/c1-5-30-20-10-8-17(14-21(20)31-6-2)16(4)25-22(27)11-12-26-23(28)18-9-7-15(3)13-19(18)24(26)29/h7-10,13-14,16H,5-6,11-12H2,1-4H3,(H,25,27). The highest BCUT2D eigenvalue weighted by molar-refractivity contribution is 6.21. The molecule has 3 amide bonds. The summed E-state index contributed by atoms with van der Waals surface area (Å²) in [5, 5.41) is 2.92. The molecule has 1 aliphatic rings. The van der Waals surface area contributed by atoms with Crippen molar-refractivity contribution in [2.24, 2.45) is 0 Å². The molecule has 2 aromatic rings. The number of nitrogens with zero attached hydrogens (tertiary/aromatic N) is 1. The molecule has 0 saturated heterocycles. The number of fused-ring (bicyclic) bond motifs is 1. The Morgan fingerprint density at radius 2 is 1.65 bits per heavy atom. The molecular formula is C24H28N2O5.